The van der Waals surface area contributed by atoms with E-state index in [9.17, 15) is 26.0 Å². The van der Waals surface area contributed by atoms with Crippen molar-refractivity contribution < 1.29 is 30.4 Å². The number of rotatable bonds is 9. The summed E-state index contributed by atoms with van der Waals surface area (Å²) in [5, 5.41) is 3.05. The van der Waals surface area contributed by atoms with Gasteiger partial charge < -0.3 is 9.73 Å². The van der Waals surface area contributed by atoms with Gasteiger partial charge in [0.15, 0.2) is 0 Å². The predicted molar refractivity (Wildman–Crippen MR) is 158 cm³/mol. The fraction of sp³-hybridized carbons (Fsp3) is 0.310. The van der Waals surface area contributed by atoms with Gasteiger partial charge in [0, 0.05) is 49.5 Å². The lowest BCUT2D eigenvalue weighted by molar-refractivity contribution is 0.0964. The molecule has 2 aromatic carbocycles. The van der Waals surface area contributed by atoms with Gasteiger partial charge in [-0.25, -0.2) is 25.5 Å². The Labute approximate surface area is 244 Å². The molecular formula is C29H31FN4O6S2. The third-order valence-corrected chi connectivity index (χ3v) is 10.5. The van der Waals surface area contributed by atoms with Gasteiger partial charge in [0.05, 0.1) is 22.8 Å². The number of fused-ring (bicyclic) bond motifs is 1. The molecule has 0 saturated carbocycles. The van der Waals surface area contributed by atoms with Crippen molar-refractivity contribution in [3.05, 3.63) is 83.4 Å². The summed E-state index contributed by atoms with van der Waals surface area (Å²) in [5.41, 5.74) is 2.36. The lowest BCUT2D eigenvalue weighted by atomic mass is 9.89. The number of piperidine rings is 1. The number of benzene rings is 2. The number of hydrogen-bond donors (Lipinski definition) is 2. The highest BCUT2D eigenvalue weighted by Crippen LogP contribution is 2.41. The van der Waals surface area contributed by atoms with Crippen LogP contribution >= 0.6 is 0 Å². The van der Waals surface area contributed by atoms with Crippen LogP contribution < -0.4 is 10.0 Å². The number of nitrogens with one attached hydrogen (secondary N) is 2. The van der Waals surface area contributed by atoms with Crippen LogP contribution in [0.15, 0.2) is 65.3 Å². The summed E-state index contributed by atoms with van der Waals surface area (Å²) >= 11 is 0. The molecule has 2 aromatic heterocycles. The second-order valence-corrected chi connectivity index (χ2v) is 14.1. The largest absolute Gasteiger partial charge is 0.455 e. The van der Waals surface area contributed by atoms with E-state index >= 15 is 0 Å². The third-order valence-electron chi connectivity index (χ3n) is 7.38. The van der Waals surface area contributed by atoms with Crippen LogP contribution in [-0.2, 0) is 25.8 Å². The molecule has 1 aliphatic rings. The number of sulfonamides is 2. The Morgan fingerprint density at radius 2 is 1.81 bits per heavy atom. The van der Waals surface area contributed by atoms with Gasteiger partial charge in [0.2, 0.25) is 20.0 Å². The van der Waals surface area contributed by atoms with Crippen LogP contribution in [0.5, 0.6) is 0 Å². The third kappa shape index (κ3) is 6.18. The number of furan rings is 1. The summed E-state index contributed by atoms with van der Waals surface area (Å²) in [4.78, 5) is 17.0. The smallest absolute Gasteiger partial charge is 0.255 e. The van der Waals surface area contributed by atoms with Crippen LogP contribution in [0, 0.1) is 5.82 Å². The van der Waals surface area contributed by atoms with Crippen molar-refractivity contribution in [3.63, 3.8) is 0 Å². The van der Waals surface area contributed by atoms with E-state index in [-0.39, 0.29) is 46.6 Å². The molecule has 4 aromatic rings. The fourth-order valence-corrected chi connectivity index (χ4v) is 7.48. The van der Waals surface area contributed by atoms with Crippen molar-refractivity contribution in [2.75, 3.05) is 30.6 Å². The van der Waals surface area contributed by atoms with Crippen molar-refractivity contribution in [3.8, 4) is 11.3 Å². The number of hydrogen-bond acceptors (Lipinski definition) is 7. The van der Waals surface area contributed by atoms with Crippen LogP contribution in [0.25, 0.3) is 22.3 Å². The summed E-state index contributed by atoms with van der Waals surface area (Å²) in [5.74, 6) is -1.41. The normalized spacial score (nSPS) is 16.4. The SMILES string of the molecule is CCS(=O)(=O)Nc1cc2oc(-c3ccc(F)cc3)c(C(=O)NC)c2cc1[C@@H]1CCCN(S(=O)(=O)Cc2ccncc2)C1. The second-order valence-electron chi connectivity index (χ2n) is 10.1. The highest BCUT2D eigenvalue weighted by molar-refractivity contribution is 7.92. The number of carbonyl (C=O) groups excluding carboxylic acids is 1. The Hall–Kier alpha value is -3.81. The van der Waals surface area contributed by atoms with E-state index in [0.29, 0.717) is 41.5 Å². The number of amides is 1. The van der Waals surface area contributed by atoms with E-state index in [4.69, 9.17) is 4.42 Å². The molecule has 0 radical (unpaired) electrons. The number of nitrogens with zero attached hydrogens (tertiary/aromatic N) is 2. The van der Waals surface area contributed by atoms with E-state index in [1.165, 1.54) is 48.6 Å². The molecule has 2 N–H and O–H groups in total. The average Bonchev–Trinajstić information content (AvgIpc) is 3.35. The molecule has 222 valence electrons. The predicted octanol–water partition coefficient (Wildman–Crippen LogP) is 4.46. The monoisotopic (exact) mass is 614 g/mol. The van der Waals surface area contributed by atoms with Crippen molar-refractivity contribution in [1.82, 2.24) is 14.6 Å². The van der Waals surface area contributed by atoms with Gasteiger partial charge in [-0.2, -0.15) is 0 Å². The highest BCUT2D eigenvalue weighted by atomic mass is 32.2. The zero-order chi connectivity index (χ0) is 30.1. The molecule has 0 aliphatic carbocycles. The van der Waals surface area contributed by atoms with Gasteiger partial charge in [-0.05, 0) is 79.3 Å². The minimum Gasteiger partial charge on any atom is -0.455 e. The number of anilines is 1. The topological polar surface area (TPSA) is 139 Å². The molecule has 0 unspecified atom stereocenters. The molecule has 5 rings (SSSR count). The van der Waals surface area contributed by atoms with Crippen molar-refractivity contribution in [2.45, 2.75) is 31.4 Å². The molecular weight excluding hydrogens is 583 g/mol. The molecule has 0 bridgehead atoms. The molecule has 1 amide bonds. The zero-order valence-electron chi connectivity index (χ0n) is 23.1. The van der Waals surface area contributed by atoms with Gasteiger partial charge in [-0.1, -0.05) is 0 Å². The van der Waals surface area contributed by atoms with Gasteiger partial charge in [-0.15, -0.1) is 0 Å². The molecule has 1 aliphatic heterocycles. The Balaban J connectivity index is 1.62. The average molecular weight is 615 g/mol. The summed E-state index contributed by atoms with van der Waals surface area (Å²) in [6.45, 7) is 1.99. The highest BCUT2D eigenvalue weighted by Gasteiger charge is 2.33. The van der Waals surface area contributed by atoms with E-state index < -0.39 is 31.8 Å². The molecule has 3 heterocycles. The van der Waals surface area contributed by atoms with Crippen molar-refractivity contribution in [1.29, 1.82) is 0 Å². The lowest BCUT2D eigenvalue weighted by Crippen LogP contribution is -2.40. The Morgan fingerprint density at radius 1 is 1.10 bits per heavy atom. The molecule has 13 heteroatoms. The number of pyridine rings is 1. The first-order valence-corrected chi connectivity index (χ1v) is 16.7. The standard InChI is InChI=1S/C29H31FN4O6S2/c1-3-41(36,37)33-25-16-26-24(27(29(35)31-2)28(40-26)20-6-8-22(30)9-7-20)15-23(25)21-5-4-14-34(17-21)42(38,39)18-19-10-12-32-13-11-19/h6-13,15-16,21,33H,3-5,14,17-18H2,1-2H3,(H,31,35)/t21-/m1/s1. The minimum atomic E-state index is -3.72. The van der Waals surface area contributed by atoms with Crippen LogP contribution in [0.4, 0.5) is 10.1 Å². The fourth-order valence-electron chi connectivity index (χ4n) is 5.21. The van der Waals surface area contributed by atoms with E-state index in [2.05, 4.69) is 15.0 Å². The summed E-state index contributed by atoms with van der Waals surface area (Å²) in [6, 6.07) is 12.0. The summed E-state index contributed by atoms with van der Waals surface area (Å²) in [7, 11) is -5.92. The first-order valence-electron chi connectivity index (χ1n) is 13.5. The van der Waals surface area contributed by atoms with Gasteiger partial charge in [0.1, 0.15) is 17.2 Å². The van der Waals surface area contributed by atoms with Gasteiger partial charge in [0.25, 0.3) is 5.91 Å². The van der Waals surface area contributed by atoms with Gasteiger partial charge in [-0.3, -0.25) is 14.5 Å². The van der Waals surface area contributed by atoms with E-state index in [0.717, 1.165) is 0 Å². The second kappa shape index (κ2) is 11.8. The molecule has 42 heavy (non-hydrogen) atoms. The zero-order valence-corrected chi connectivity index (χ0v) is 24.8. The lowest BCUT2D eigenvalue weighted by Gasteiger charge is -2.33. The van der Waals surface area contributed by atoms with Crippen LogP contribution in [-0.4, -0.2) is 57.9 Å². The first-order chi connectivity index (χ1) is 20.0. The number of aromatic nitrogens is 1. The van der Waals surface area contributed by atoms with E-state index in [1.54, 1.807) is 30.6 Å². The molecule has 1 saturated heterocycles. The van der Waals surface area contributed by atoms with Crippen molar-refractivity contribution in [2.24, 2.45) is 0 Å². The molecule has 1 fully saturated rings. The molecule has 10 nitrogen and oxygen atoms in total. The Bertz CT molecular complexity index is 1830. The maximum atomic E-state index is 13.6. The number of carbonyl (C=O) groups is 1. The van der Waals surface area contributed by atoms with Gasteiger partial charge >= 0.3 is 0 Å². The first kappa shape index (κ1) is 29.7. The van der Waals surface area contributed by atoms with Crippen LogP contribution in [0.1, 0.15) is 47.2 Å². The molecule has 1 atom stereocenters. The minimum absolute atomic E-state index is 0.137. The summed E-state index contributed by atoms with van der Waals surface area (Å²) < 4.78 is 75.9. The maximum Gasteiger partial charge on any atom is 0.255 e. The molecule has 0 spiro atoms. The Morgan fingerprint density at radius 3 is 2.48 bits per heavy atom. The van der Waals surface area contributed by atoms with Crippen LogP contribution in [0.2, 0.25) is 0 Å². The quantitative estimate of drug-likeness (QED) is 0.284. The van der Waals surface area contributed by atoms with Crippen molar-refractivity contribution >= 4 is 42.6 Å². The van der Waals surface area contributed by atoms with Crippen LogP contribution in [0.3, 0.4) is 0 Å². The maximum absolute atomic E-state index is 13.6. The number of halogens is 1. The Kier molecular flexibility index (Phi) is 8.35. The summed E-state index contributed by atoms with van der Waals surface area (Å²) in [6.07, 6.45) is 4.25. The van der Waals surface area contributed by atoms with E-state index in [1.807, 2.05) is 0 Å².